The number of carbonyl (C=O) groups is 2. The molecule has 0 heterocycles. The van der Waals surface area contributed by atoms with Gasteiger partial charge in [0, 0.05) is 36.9 Å². The molecule has 1 amide bonds. The van der Waals surface area contributed by atoms with Gasteiger partial charge in [-0.1, -0.05) is 33.6 Å². The van der Waals surface area contributed by atoms with Gasteiger partial charge in [0.25, 0.3) is 0 Å². The number of amides is 1. The maximum absolute atomic E-state index is 12.9. The van der Waals surface area contributed by atoms with Crippen molar-refractivity contribution in [2.75, 3.05) is 27.7 Å². The summed E-state index contributed by atoms with van der Waals surface area (Å²) in [6.45, 7) is 8.80. The fourth-order valence-electron chi connectivity index (χ4n) is 3.43. The monoisotopic (exact) mass is 310 g/mol. The van der Waals surface area contributed by atoms with E-state index in [9.17, 15) is 9.59 Å². The Morgan fingerprint density at radius 3 is 2.00 bits per heavy atom. The van der Waals surface area contributed by atoms with Gasteiger partial charge in [-0.2, -0.15) is 0 Å². The van der Waals surface area contributed by atoms with Gasteiger partial charge in [0.1, 0.15) is 5.78 Å². The molecule has 3 atom stereocenters. The van der Waals surface area contributed by atoms with E-state index < -0.39 is 0 Å². The average molecular weight is 310 g/mol. The van der Waals surface area contributed by atoms with Gasteiger partial charge in [-0.3, -0.25) is 9.59 Å². The number of hydrogen-bond acceptors (Lipinski definition) is 3. The highest BCUT2D eigenvalue weighted by molar-refractivity contribution is 5.91. The quantitative estimate of drug-likeness (QED) is 0.784. The first kappa shape index (κ1) is 19.1. The van der Waals surface area contributed by atoms with Crippen molar-refractivity contribution in [2.45, 2.75) is 59.4 Å². The maximum atomic E-state index is 12.9. The highest BCUT2D eigenvalue weighted by Gasteiger charge is 2.41. The number of rotatable bonds is 5. The molecule has 1 aliphatic rings. The van der Waals surface area contributed by atoms with Crippen LogP contribution in [0, 0.1) is 17.3 Å². The molecule has 4 heteroatoms. The highest BCUT2D eigenvalue weighted by Crippen LogP contribution is 2.36. The SMILES string of the molecule is CC(CN(C)C)N(C)C(=O)C1CCCC[C@H]1C(=O)C(C)(C)C. The van der Waals surface area contributed by atoms with Gasteiger partial charge in [-0.05, 0) is 33.9 Å². The molecule has 4 nitrogen and oxygen atoms in total. The van der Waals surface area contributed by atoms with Crippen LogP contribution in [0.1, 0.15) is 53.4 Å². The molecule has 0 aromatic heterocycles. The molecule has 1 aliphatic carbocycles. The van der Waals surface area contributed by atoms with Gasteiger partial charge in [0.2, 0.25) is 5.91 Å². The Bertz CT molecular complexity index is 398. The predicted octanol–water partition coefficient (Wildman–Crippen LogP) is 2.82. The molecular weight excluding hydrogens is 276 g/mol. The number of carbonyl (C=O) groups excluding carboxylic acids is 2. The summed E-state index contributed by atoms with van der Waals surface area (Å²) in [7, 11) is 5.91. The summed E-state index contributed by atoms with van der Waals surface area (Å²) >= 11 is 0. The van der Waals surface area contributed by atoms with Crippen LogP contribution in [0.2, 0.25) is 0 Å². The second kappa shape index (κ2) is 7.58. The summed E-state index contributed by atoms with van der Waals surface area (Å²) in [5.74, 6) is 0.168. The minimum absolute atomic E-state index is 0.102. The predicted molar refractivity (Wildman–Crippen MR) is 90.7 cm³/mol. The lowest BCUT2D eigenvalue weighted by molar-refractivity contribution is -0.146. The number of ketones is 1. The number of Topliss-reactive ketones (excluding diaryl/α,β-unsaturated/α-hetero) is 1. The van der Waals surface area contributed by atoms with E-state index in [2.05, 4.69) is 11.8 Å². The van der Waals surface area contributed by atoms with Gasteiger partial charge in [-0.15, -0.1) is 0 Å². The lowest BCUT2D eigenvalue weighted by Gasteiger charge is -2.37. The zero-order valence-electron chi connectivity index (χ0n) is 15.5. The summed E-state index contributed by atoms with van der Waals surface area (Å²) in [5, 5.41) is 0. The fourth-order valence-corrected chi connectivity index (χ4v) is 3.43. The largest absolute Gasteiger partial charge is 0.342 e. The molecule has 1 rings (SSSR count). The Hall–Kier alpha value is -0.900. The molecule has 0 spiro atoms. The lowest BCUT2D eigenvalue weighted by Crippen LogP contribution is -2.48. The van der Waals surface area contributed by atoms with Gasteiger partial charge < -0.3 is 9.80 Å². The summed E-state index contributed by atoms with van der Waals surface area (Å²) < 4.78 is 0. The van der Waals surface area contributed by atoms with Crippen LogP contribution in [-0.4, -0.2) is 55.2 Å². The van der Waals surface area contributed by atoms with Gasteiger partial charge in [0.15, 0.2) is 0 Å². The minimum Gasteiger partial charge on any atom is -0.342 e. The van der Waals surface area contributed by atoms with Crippen LogP contribution in [0.25, 0.3) is 0 Å². The Morgan fingerprint density at radius 2 is 1.55 bits per heavy atom. The zero-order chi connectivity index (χ0) is 17.1. The third-order valence-electron chi connectivity index (χ3n) is 4.80. The number of nitrogens with zero attached hydrogens (tertiary/aromatic N) is 2. The molecule has 1 fully saturated rings. The van der Waals surface area contributed by atoms with Crippen molar-refractivity contribution in [1.82, 2.24) is 9.80 Å². The molecule has 22 heavy (non-hydrogen) atoms. The summed E-state index contributed by atoms with van der Waals surface area (Å²) in [4.78, 5) is 29.6. The third-order valence-corrected chi connectivity index (χ3v) is 4.80. The van der Waals surface area contributed by atoms with Crippen molar-refractivity contribution in [1.29, 1.82) is 0 Å². The molecule has 0 saturated heterocycles. The molecule has 0 radical (unpaired) electrons. The maximum Gasteiger partial charge on any atom is 0.226 e. The first-order valence-electron chi connectivity index (χ1n) is 8.51. The standard InChI is InChI=1S/C18H34N2O2/c1-13(12-19(5)6)20(7)17(22)15-11-9-8-10-14(15)16(21)18(2,3)4/h13-15H,8-12H2,1-7H3/t13?,14-,15?/m1/s1. The van der Waals surface area contributed by atoms with Crippen LogP contribution >= 0.6 is 0 Å². The topological polar surface area (TPSA) is 40.6 Å². The van der Waals surface area contributed by atoms with Gasteiger partial charge in [-0.25, -0.2) is 0 Å². The van der Waals surface area contributed by atoms with Crippen molar-refractivity contribution >= 4 is 11.7 Å². The van der Waals surface area contributed by atoms with Crippen LogP contribution in [0.3, 0.4) is 0 Å². The van der Waals surface area contributed by atoms with Gasteiger partial charge >= 0.3 is 0 Å². The summed E-state index contributed by atoms with van der Waals surface area (Å²) in [6.07, 6.45) is 3.83. The lowest BCUT2D eigenvalue weighted by atomic mass is 9.70. The first-order chi connectivity index (χ1) is 10.1. The Labute approximate surface area is 136 Å². The van der Waals surface area contributed by atoms with Crippen LogP contribution < -0.4 is 0 Å². The molecule has 0 bridgehead atoms. The van der Waals surface area contributed by atoms with Crippen molar-refractivity contribution in [2.24, 2.45) is 17.3 Å². The smallest absolute Gasteiger partial charge is 0.226 e. The second-order valence-electron chi connectivity index (χ2n) is 8.17. The average Bonchev–Trinajstić information content (AvgIpc) is 2.43. The molecule has 1 saturated carbocycles. The van der Waals surface area contributed by atoms with E-state index in [4.69, 9.17) is 0 Å². The normalized spacial score (nSPS) is 24.2. The molecule has 128 valence electrons. The van der Waals surface area contributed by atoms with E-state index in [-0.39, 0.29) is 35.0 Å². The van der Waals surface area contributed by atoms with E-state index in [0.29, 0.717) is 0 Å². The third kappa shape index (κ3) is 4.80. The van der Waals surface area contributed by atoms with E-state index >= 15 is 0 Å². The number of likely N-dealkylation sites (N-methyl/N-ethyl adjacent to an activating group) is 2. The first-order valence-corrected chi connectivity index (χ1v) is 8.51. The van der Waals surface area contributed by atoms with E-state index in [1.165, 1.54) is 0 Å². The van der Waals surface area contributed by atoms with Crippen LogP contribution in [-0.2, 0) is 9.59 Å². The van der Waals surface area contributed by atoms with E-state index in [0.717, 1.165) is 32.2 Å². The van der Waals surface area contributed by atoms with Crippen LogP contribution in [0.15, 0.2) is 0 Å². The highest BCUT2D eigenvalue weighted by atomic mass is 16.2. The van der Waals surface area contributed by atoms with Crippen molar-refractivity contribution in [3.63, 3.8) is 0 Å². The van der Waals surface area contributed by atoms with E-state index in [1.807, 2.05) is 46.8 Å². The van der Waals surface area contributed by atoms with Crippen LogP contribution in [0.5, 0.6) is 0 Å². The van der Waals surface area contributed by atoms with Crippen LogP contribution in [0.4, 0.5) is 0 Å². The molecular formula is C18H34N2O2. The van der Waals surface area contributed by atoms with Crippen molar-refractivity contribution in [3.8, 4) is 0 Å². The second-order valence-corrected chi connectivity index (χ2v) is 8.17. The van der Waals surface area contributed by atoms with Crippen molar-refractivity contribution < 1.29 is 9.59 Å². The summed E-state index contributed by atoms with van der Waals surface area (Å²) in [5.41, 5.74) is -0.367. The zero-order valence-corrected chi connectivity index (χ0v) is 15.5. The minimum atomic E-state index is -0.367. The Balaban J connectivity index is 2.86. The molecule has 0 N–H and O–H groups in total. The van der Waals surface area contributed by atoms with Crippen molar-refractivity contribution in [3.05, 3.63) is 0 Å². The molecule has 0 aliphatic heterocycles. The van der Waals surface area contributed by atoms with Gasteiger partial charge in [0.05, 0.1) is 0 Å². The Kier molecular flexibility index (Phi) is 6.60. The molecule has 0 aromatic carbocycles. The fraction of sp³-hybridized carbons (Fsp3) is 0.889. The summed E-state index contributed by atoms with van der Waals surface area (Å²) in [6, 6.07) is 0.162. The number of hydrogen-bond donors (Lipinski definition) is 0. The Morgan fingerprint density at radius 1 is 1.05 bits per heavy atom. The molecule has 2 unspecified atom stereocenters. The molecule has 0 aromatic rings. The van der Waals surface area contributed by atoms with E-state index in [1.54, 1.807) is 0 Å².